The molecule has 176 valence electrons. The molecule has 6 rings (SSSR count). The van der Waals surface area contributed by atoms with Crippen LogP contribution in [-0.2, 0) is 11.8 Å². The highest BCUT2D eigenvalue weighted by Gasteiger charge is 2.71. The SMILES string of the molecule is Cc1c(-c2cnn(C)c2)cnc(N2CCCC(F)(F)CC2)c1C(=O)NC12CC(C(N)=O)(C1)C2. The van der Waals surface area contributed by atoms with Crippen LogP contribution in [0.4, 0.5) is 14.6 Å². The predicted octanol–water partition coefficient (Wildman–Crippen LogP) is 2.55. The lowest BCUT2D eigenvalue weighted by Crippen LogP contribution is -2.78. The fourth-order valence-electron chi connectivity index (χ4n) is 5.71. The number of nitrogens with two attached hydrogens (primary N) is 1. The maximum absolute atomic E-state index is 14.0. The highest BCUT2D eigenvalue weighted by molar-refractivity contribution is 6.03. The number of primary amides is 1. The minimum atomic E-state index is -2.71. The Hall–Kier alpha value is -3.04. The van der Waals surface area contributed by atoms with Crippen LogP contribution in [0.2, 0.25) is 0 Å². The van der Waals surface area contributed by atoms with Gasteiger partial charge in [-0.1, -0.05) is 0 Å². The quantitative estimate of drug-likeness (QED) is 0.716. The summed E-state index contributed by atoms with van der Waals surface area (Å²) in [4.78, 5) is 31.6. The first-order chi connectivity index (χ1) is 15.5. The number of rotatable bonds is 5. The monoisotopic (exact) mass is 458 g/mol. The highest BCUT2D eigenvalue weighted by Crippen LogP contribution is 2.67. The zero-order valence-electron chi connectivity index (χ0n) is 18.8. The molecule has 1 saturated heterocycles. The third kappa shape index (κ3) is 3.55. The lowest BCUT2D eigenvalue weighted by molar-refractivity contribution is -0.174. The molecular formula is C23H28F2N6O2. The Labute approximate surface area is 190 Å². The van der Waals surface area contributed by atoms with Gasteiger partial charge in [-0.2, -0.15) is 5.10 Å². The molecule has 0 aromatic carbocycles. The molecule has 3 aliphatic carbocycles. The molecule has 33 heavy (non-hydrogen) atoms. The summed E-state index contributed by atoms with van der Waals surface area (Å²) in [5, 5.41) is 7.32. The van der Waals surface area contributed by atoms with Crippen LogP contribution in [0.15, 0.2) is 18.6 Å². The number of aryl methyl sites for hydroxylation is 1. The van der Waals surface area contributed by atoms with Gasteiger partial charge in [-0.3, -0.25) is 14.3 Å². The van der Waals surface area contributed by atoms with Gasteiger partial charge in [0.2, 0.25) is 11.8 Å². The summed E-state index contributed by atoms with van der Waals surface area (Å²) >= 11 is 0. The summed E-state index contributed by atoms with van der Waals surface area (Å²) in [5.74, 6) is -2.90. The number of nitrogens with zero attached hydrogens (tertiary/aromatic N) is 4. The Morgan fingerprint density at radius 2 is 1.88 bits per heavy atom. The Morgan fingerprint density at radius 3 is 2.52 bits per heavy atom. The Bertz CT molecular complexity index is 1120. The van der Waals surface area contributed by atoms with E-state index in [1.165, 1.54) is 0 Å². The Kier molecular flexibility index (Phi) is 4.77. The van der Waals surface area contributed by atoms with E-state index in [0.29, 0.717) is 43.6 Å². The molecule has 4 aliphatic rings. The molecule has 10 heteroatoms. The first-order valence-electron chi connectivity index (χ1n) is 11.3. The maximum atomic E-state index is 14.0. The predicted molar refractivity (Wildman–Crippen MR) is 118 cm³/mol. The number of carbonyl (C=O) groups excluding carboxylic acids is 2. The van der Waals surface area contributed by atoms with E-state index in [9.17, 15) is 18.4 Å². The first kappa shape index (κ1) is 21.8. The van der Waals surface area contributed by atoms with Crippen molar-refractivity contribution < 1.29 is 18.4 Å². The van der Waals surface area contributed by atoms with Crippen LogP contribution in [0.3, 0.4) is 0 Å². The first-order valence-corrected chi connectivity index (χ1v) is 11.3. The van der Waals surface area contributed by atoms with Gasteiger partial charge in [0.15, 0.2) is 0 Å². The number of hydrogen-bond donors (Lipinski definition) is 2. The molecule has 2 aromatic rings. The number of alkyl halides is 2. The standard InChI is InChI=1S/C23H28F2N6O2/c1-14-16(15-8-28-30(2)10-15)9-27-18(31-6-3-4-23(24,25)5-7-31)17(14)19(32)29-22-11-21(12-22,13-22)20(26)33/h8-10H,3-7,11-13H2,1-2H3,(H2,26,33)(H,29,32). The summed E-state index contributed by atoms with van der Waals surface area (Å²) in [7, 11) is 1.81. The molecule has 3 saturated carbocycles. The molecule has 4 fully saturated rings. The van der Waals surface area contributed by atoms with Crippen LogP contribution in [0.5, 0.6) is 0 Å². The average molecular weight is 459 g/mol. The lowest BCUT2D eigenvalue weighted by Gasteiger charge is -2.68. The number of hydrogen-bond acceptors (Lipinski definition) is 5. The van der Waals surface area contributed by atoms with Crippen LogP contribution in [0, 0.1) is 12.3 Å². The van der Waals surface area contributed by atoms with Gasteiger partial charge in [-0.25, -0.2) is 13.8 Å². The third-order valence-electron chi connectivity index (χ3n) is 7.51. The van der Waals surface area contributed by atoms with Crippen LogP contribution < -0.4 is 16.0 Å². The number of halogens is 2. The zero-order chi connectivity index (χ0) is 23.6. The average Bonchev–Trinajstić information content (AvgIpc) is 3.02. The van der Waals surface area contributed by atoms with Crippen molar-refractivity contribution in [2.75, 3.05) is 18.0 Å². The van der Waals surface area contributed by atoms with E-state index in [1.54, 1.807) is 22.0 Å². The second-order valence-electron chi connectivity index (χ2n) is 10.0. The van der Waals surface area contributed by atoms with E-state index in [1.807, 2.05) is 20.2 Å². The molecule has 0 unspecified atom stereocenters. The van der Waals surface area contributed by atoms with Crippen molar-refractivity contribution in [3.05, 3.63) is 29.7 Å². The van der Waals surface area contributed by atoms with Gasteiger partial charge in [0.25, 0.3) is 5.91 Å². The lowest BCUT2D eigenvalue weighted by atomic mass is 9.39. The molecule has 3 N–H and O–H groups in total. The van der Waals surface area contributed by atoms with Crippen LogP contribution >= 0.6 is 0 Å². The van der Waals surface area contributed by atoms with E-state index < -0.39 is 16.9 Å². The number of pyridine rings is 1. The molecule has 0 radical (unpaired) electrons. The van der Waals surface area contributed by atoms with Gasteiger partial charge in [0, 0.05) is 62.0 Å². The largest absolute Gasteiger partial charge is 0.369 e. The summed E-state index contributed by atoms with van der Waals surface area (Å²) in [6.45, 7) is 2.38. The normalized spacial score (nSPS) is 27.8. The Morgan fingerprint density at radius 1 is 1.15 bits per heavy atom. The smallest absolute Gasteiger partial charge is 0.255 e. The van der Waals surface area contributed by atoms with E-state index in [0.717, 1.165) is 16.7 Å². The minimum Gasteiger partial charge on any atom is -0.369 e. The molecule has 1 aliphatic heterocycles. The minimum absolute atomic E-state index is 0.127. The fraction of sp³-hybridized carbons (Fsp3) is 0.565. The Balaban J connectivity index is 1.49. The summed E-state index contributed by atoms with van der Waals surface area (Å²) < 4.78 is 29.6. The van der Waals surface area contributed by atoms with Gasteiger partial charge >= 0.3 is 0 Å². The van der Waals surface area contributed by atoms with Crippen molar-refractivity contribution >= 4 is 17.6 Å². The fourth-order valence-corrected chi connectivity index (χ4v) is 5.71. The van der Waals surface area contributed by atoms with Crippen LogP contribution in [0.1, 0.15) is 54.4 Å². The van der Waals surface area contributed by atoms with E-state index in [-0.39, 0.29) is 31.2 Å². The summed E-state index contributed by atoms with van der Waals surface area (Å²) in [5.41, 5.74) is 7.29. The topological polar surface area (TPSA) is 106 Å². The molecule has 2 bridgehead atoms. The number of nitrogens with one attached hydrogen (secondary N) is 1. The van der Waals surface area contributed by atoms with Crippen molar-refractivity contribution in [3.63, 3.8) is 0 Å². The number of amides is 2. The molecule has 2 amide bonds. The molecule has 0 spiro atoms. The highest BCUT2D eigenvalue weighted by atomic mass is 19.3. The second kappa shape index (κ2) is 7.23. The van der Waals surface area contributed by atoms with Crippen molar-refractivity contribution in [1.29, 1.82) is 0 Å². The second-order valence-corrected chi connectivity index (χ2v) is 10.0. The summed E-state index contributed by atoms with van der Waals surface area (Å²) in [6, 6.07) is 0. The third-order valence-corrected chi connectivity index (χ3v) is 7.51. The van der Waals surface area contributed by atoms with Crippen molar-refractivity contribution in [2.45, 2.75) is 56.9 Å². The molecule has 8 nitrogen and oxygen atoms in total. The summed E-state index contributed by atoms with van der Waals surface area (Å²) in [6.07, 6.45) is 6.74. The number of aromatic nitrogens is 3. The van der Waals surface area contributed by atoms with E-state index in [2.05, 4.69) is 15.4 Å². The van der Waals surface area contributed by atoms with Crippen molar-refractivity contribution in [2.24, 2.45) is 18.2 Å². The van der Waals surface area contributed by atoms with Crippen LogP contribution in [0.25, 0.3) is 11.1 Å². The van der Waals surface area contributed by atoms with E-state index >= 15 is 0 Å². The van der Waals surface area contributed by atoms with Gasteiger partial charge in [-0.05, 0) is 38.2 Å². The molecular weight excluding hydrogens is 430 g/mol. The molecule has 3 heterocycles. The van der Waals surface area contributed by atoms with Crippen molar-refractivity contribution in [3.8, 4) is 11.1 Å². The zero-order valence-corrected chi connectivity index (χ0v) is 18.8. The van der Waals surface area contributed by atoms with Gasteiger partial charge in [-0.15, -0.1) is 0 Å². The van der Waals surface area contributed by atoms with Gasteiger partial charge < -0.3 is 16.0 Å². The van der Waals surface area contributed by atoms with Crippen LogP contribution in [-0.4, -0.2) is 51.1 Å². The van der Waals surface area contributed by atoms with E-state index in [4.69, 9.17) is 5.73 Å². The maximum Gasteiger partial charge on any atom is 0.255 e. The number of carbonyl (C=O) groups is 2. The molecule has 2 aromatic heterocycles. The van der Waals surface area contributed by atoms with Crippen molar-refractivity contribution in [1.82, 2.24) is 20.1 Å². The van der Waals surface area contributed by atoms with Gasteiger partial charge in [0.05, 0.1) is 17.2 Å². The molecule has 0 atom stereocenters. The number of anilines is 1. The van der Waals surface area contributed by atoms with Gasteiger partial charge in [0.1, 0.15) is 5.82 Å².